The minimum absolute atomic E-state index is 0.0399. The summed E-state index contributed by atoms with van der Waals surface area (Å²) < 4.78 is 26.3. The summed E-state index contributed by atoms with van der Waals surface area (Å²) in [4.78, 5) is 4.22. The van der Waals surface area contributed by atoms with Gasteiger partial charge >= 0.3 is 0 Å². The first-order valence-electron chi connectivity index (χ1n) is 5.21. The minimum atomic E-state index is -0.985. The predicted octanol–water partition coefficient (Wildman–Crippen LogP) is 3.77. The topological polar surface area (TPSA) is 33.1 Å². The van der Waals surface area contributed by atoms with Crippen LogP contribution in [0.5, 0.6) is 0 Å². The second-order valence-corrected chi connectivity index (χ2v) is 5.70. The summed E-state index contributed by atoms with van der Waals surface area (Å²) in [5.41, 5.74) is 1.06. The molecule has 1 heterocycles. The molecule has 0 spiro atoms. The Kier molecular flexibility index (Phi) is 4.09. The molecule has 2 nitrogen and oxygen atoms in total. The number of aliphatic hydroxyl groups excluding tert-OH is 1. The Balaban J connectivity index is 2.24. The van der Waals surface area contributed by atoms with E-state index in [9.17, 15) is 13.9 Å². The first-order chi connectivity index (χ1) is 8.49. The van der Waals surface area contributed by atoms with Crippen molar-refractivity contribution in [2.45, 2.75) is 19.4 Å². The van der Waals surface area contributed by atoms with E-state index >= 15 is 0 Å². The number of aliphatic hydroxyl groups is 1. The maximum Gasteiger partial charge on any atom is 0.173 e. The zero-order chi connectivity index (χ0) is 13.3. The standard InChI is InChI=1S/C12H10BrF2NOS/c1-6-16-7(5-18-6)4-10(17)8-2-3-9(14)12(15)11(8)13/h2-3,5,10,17H,4H2,1H3. The van der Waals surface area contributed by atoms with Crippen molar-refractivity contribution in [1.29, 1.82) is 0 Å². The van der Waals surface area contributed by atoms with Crippen molar-refractivity contribution in [3.05, 3.63) is 49.9 Å². The number of hydrogen-bond donors (Lipinski definition) is 1. The van der Waals surface area contributed by atoms with Gasteiger partial charge in [-0.1, -0.05) is 6.07 Å². The van der Waals surface area contributed by atoms with E-state index in [0.717, 1.165) is 16.8 Å². The summed E-state index contributed by atoms with van der Waals surface area (Å²) in [5, 5.41) is 12.8. The zero-order valence-corrected chi connectivity index (χ0v) is 11.9. The number of nitrogens with zero attached hydrogens (tertiary/aromatic N) is 1. The van der Waals surface area contributed by atoms with Crippen molar-refractivity contribution >= 4 is 27.3 Å². The van der Waals surface area contributed by atoms with Crippen LogP contribution in [0.15, 0.2) is 22.0 Å². The molecule has 0 saturated carbocycles. The Morgan fingerprint density at radius 2 is 2.17 bits per heavy atom. The molecule has 0 bridgehead atoms. The van der Waals surface area contributed by atoms with Crippen molar-refractivity contribution in [3.63, 3.8) is 0 Å². The van der Waals surface area contributed by atoms with Crippen LogP contribution in [0.25, 0.3) is 0 Å². The number of aromatic nitrogens is 1. The lowest BCUT2D eigenvalue weighted by Gasteiger charge is -2.12. The third-order valence-electron chi connectivity index (χ3n) is 2.49. The number of halogens is 3. The largest absolute Gasteiger partial charge is 0.388 e. The molecule has 2 aromatic rings. The van der Waals surface area contributed by atoms with Crippen LogP contribution in [0.2, 0.25) is 0 Å². The van der Waals surface area contributed by atoms with Gasteiger partial charge in [0.25, 0.3) is 0 Å². The van der Waals surface area contributed by atoms with Crippen LogP contribution in [-0.2, 0) is 6.42 Å². The Labute approximate surface area is 115 Å². The molecular formula is C12H10BrF2NOS. The smallest absolute Gasteiger partial charge is 0.173 e. The molecule has 1 aromatic carbocycles. The summed E-state index contributed by atoms with van der Waals surface area (Å²) in [7, 11) is 0. The Bertz CT molecular complexity index is 573. The average molecular weight is 334 g/mol. The van der Waals surface area contributed by atoms with Crippen LogP contribution in [0.1, 0.15) is 22.4 Å². The average Bonchev–Trinajstić information content (AvgIpc) is 2.71. The second-order valence-electron chi connectivity index (χ2n) is 3.84. The van der Waals surface area contributed by atoms with Gasteiger partial charge in [-0.15, -0.1) is 11.3 Å². The van der Waals surface area contributed by atoms with Crippen LogP contribution in [0, 0.1) is 18.6 Å². The van der Waals surface area contributed by atoms with Gasteiger partial charge in [-0.25, -0.2) is 13.8 Å². The number of benzene rings is 1. The molecule has 1 atom stereocenters. The molecular weight excluding hydrogens is 324 g/mol. The van der Waals surface area contributed by atoms with E-state index in [-0.39, 0.29) is 10.9 Å². The number of rotatable bonds is 3. The van der Waals surface area contributed by atoms with Gasteiger partial charge in [-0.2, -0.15) is 0 Å². The molecule has 0 radical (unpaired) electrons. The molecule has 6 heteroatoms. The quantitative estimate of drug-likeness (QED) is 0.867. The molecule has 96 valence electrons. The Morgan fingerprint density at radius 3 is 2.78 bits per heavy atom. The number of thiazole rings is 1. The molecule has 2 rings (SSSR count). The van der Waals surface area contributed by atoms with Crippen LogP contribution in [-0.4, -0.2) is 10.1 Å². The molecule has 18 heavy (non-hydrogen) atoms. The van der Waals surface area contributed by atoms with E-state index < -0.39 is 17.7 Å². The van der Waals surface area contributed by atoms with Crippen LogP contribution < -0.4 is 0 Å². The molecule has 0 aliphatic carbocycles. The third-order valence-corrected chi connectivity index (χ3v) is 4.12. The van der Waals surface area contributed by atoms with E-state index in [4.69, 9.17) is 0 Å². The van der Waals surface area contributed by atoms with Crippen molar-refractivity contribution in [1.82, 2.24) is 4.98 Å². The van der Waals surface area contributed by atoms with Gasteiger partial charge < -0.3 is 5.11 Å². The summed E-state index contributed by atoms with van der Waals surface area (Å²) in [6.45, 7) is 1.87. The van der Waals surface area contributed by atoms with Crippen molar-refractivity contribution in [3.8, 4) is 0 Å². The van der Waals surface area contributed by atoms with Gasteiger partial charge in [0.15, 0.2) is 11.6 Å². The zero-order valence-electron chi connectivity index (χ0n) is 9.45. The fraction of sp³-hybridized carbons (Fsp3) is 0.250. The lowest BCUT2D eigenvalue weighted by molar-refractivity contribution is 0.176. The van der Waals surface area contributed by atoms with Gasteiger partial charge in [0, 0.05) is 11.8 Å². The summed E-state index contributed by atoms with van der Waals surface area (Å²) in [6, 6.07) is 2.37. The van der Waals surface area contributed by atoms with Gasteiger partial charge in [-0.3, -0.25) is 0 Å². The molecule has 0 aliphatic rings. The summed E-state index contributed by atoms with van der Waals surface area (Å²) >= 11 is 4.44. The van der Waals surface area contributed by atoms with Crippen LogP contribution >= 0.6 is 27.3 Å². The first-order valence-corrected chi connectivity index (χ1v) is 6.88. The van der Waals surface area contributed by atoms with E-state index in [1.165, 1.54) is 17.4 Å². The maximum absolute atomic E-state index is 13.3. The molecule has 1 N–H and O–H groups in total. The van der Waals surface area contributed by atoms with Gasteiger partial charge in [0.1, 0.15) is 0 Å². The molecule has 1 aromatic heterocycles. The first kappa shape index (κ1) is 13.6. The minimum Gasteiger partial charge on any atom is -0.388 e. The highest BCUT2D eigenvalue weighted by atomic mass is 79.9. The van der Waals surface area contributed by atoms with E-state index in [2.05, 4.69) is 20.9 Å². The second kappa shape index (κ2) is 5.42. The highest BCUT2D eigenvalue weighted by molar-refractivity contribution is 9.10. The fourth-order valence-corrected chi connectivity index (χ4v) is 2.82. The lowest BCUT2D eigenvalue weighted by atomic mass is 10.1. The number of aryl methyl sites for hydroxylation is 1. The maximum atomic E-state index is 13.3. The van der Waals surface area contributed by atoms with E-state index in [1.807, 2.05) is 12.3 Å². The Morgan fingerprint density at radius 1 is 1.44 bits per heavy atom. The van der Waals surface area contributed by atoms with Crippen LogP contribution in [0.3, 0.4) is 0 Å². The highest BCUT2D eigenvalue weighted by Crippen LogP contribution is 2.29. The van der Waals surface area contributed by atoms with Gasteiger partial charge in [0.05, 0.1) is 21.3 Å². The number of hydrogen-bond acceptors (Lipinski definition) is 3. The molecule has 1 unspecified atom stereocenters. The SMILES string of the molecule is Cc1nc(CC(O)c2ccc(F)c(F)c2Br)cs1. The lowest BCUT2D eigenvalue weighted by Crippen LogP contribution is -2.05. The fourth-order valence-electron chi connectivity index (χ4n) is 1.61. The molecule has 0 saturated heterocycles. The Hall–Kier alpha value is -0.850. The monoisotopic (exact) mass is 333 g/mol. The molecule has 0 fully saturated rings. The summed E-state index contributed by atoms with van der Waals surface area (Å²) in [6.07, 6.45) is -0.649. The predicted molar refractivity (Wildman–Crippen MR) is 69.6 cm³/mol. The van der Waals surface area contributed by atoms with Gasteiger partial charge in [0.2, 0.25) is 0 Å². The summed E-state index contributed by atoms with van der Waals surface area (Å²) in [5.74, 6) is -1.93. The molecule has 0 aliphatic heterocycles. The molecule has 0 amide bonds. The third kappa shape index (κ3) is 2.76. The normalized spacial score (nSPS) is 12.7. The van der Waals surface area contributed by atoms with Crippen molar-refractivity contribution in [2.75, 3.05) is 0 Å². The van der Waals surface area contributed by atoms with Crippen molar-refractivity contribution < 1.29 is 13.9 Å². The van der Waals surface area contributed by atoms with Gasteiger partial charge in [-0.05, 0) is 34.5 Å². The van der Waals surface area contributed by atoms with Crippen molar-refractivity contribution in [2.24, 2.45) is 0 Å². The van der Waals surface area contributed by atoms with Crippen LogP contribution in [0.4, 0.5) is 8.78 Å². The highest BCUT2D eigenvalue weighted by Gasteiger charge is 2.18. The van der Waals surface area contributed by atoms with E-state index in [1.54, 1.807) is 0 Å². The van der Waals surface area contributed by atoms with E-state index in [0.29, 0.717) is 5.56 Å².